The number of aliphatic hydroxyl groups is 1. The second-order valence-corrected chi connectivity index (χ2v) is 10.7. The number of H-pyrrole nitrogens is 1. The predicted molar refractivity (Wildman–Crippen MR) is 100 cm³/mol. The van der Waals surface area contributed by atoms with Crippen molar-refractivity contribution >= 4 is 29.3 Å². The normalized spacial score (nSPS) is 25.4. The molecule has 5 unspecified atom stereocenters. The Morgan fingerprint density at radius 2 is 1.72 bits per heavy atom. The highest BCUT2D eigenvalue weighted by atomic mass is 31.3. The molecule has 1 fully saturated rings. The van der Waals surface area contributed by atoms with Crippen molar-refractivity contribution < 1.29 is 61.1 Å². The molecular formula is C12H19N2O15P3. The molecule has 17 nitrogen and oxygen atoms in total. The second-order valence-electron chi connectivity index (χ2n) is 6.32. The molecule has 0 aromatic carbocycles. The molecule has 0 spiro atoms. The number of ether oxygens (including phenoxy) is 1. The first-order chi connectivity index (χ1) is 14.6. The molecule has 0 amide bonds. The number of phosphoric acid groups is 3. The zero-order valence-electron chi connectivity index (χ0n) is 16.0. The van der Waals surface area contributed by atoms with E-state index in [1.165, 1.54) is 0 Å². The summed E-state index contributed by atoms with van der Waals surface area (Å²) in [5.74, 6) is -1.10. The van der Waals surface area contributed by atoms with Crippen LogP contribution < -0.4 is 11.2 Å². The van der Waals surface area contributed by atoms with Gasteiger partial charge in [0.1, 0.15) is 18.3 Å². The van der Waals surface area contributed by atoms with E-state index in [4.69, 9.17) is 19.4 Å². The minimum Gasteiger partial charge on any atom is -0.382 e. The third-order valence-electron chi connectivity index (χ3n) is 3.82. The van der Waals surface area contributed by atoms with Crippen LogP contribution in [0.1, 0.15) is 25.0 Å². The Labute approximate surface area is 178 Å². The Kier molecular flexibility index (Phi) is 8.32. The summed E-state index contributed by atoms with van der Waals surface area (Å²) in [6.45, 7) is 0.817. The van der Waals surface area contributed by atoms with Crippen LogP contribution in [0.2, 0.25) is 0 Å². The third-order valence-corrected chi connectivity index (χ3v) is 7.62. The van der Waals surface area contributed by atoms with Gasteiger partial charge in [0, 0.05) is 12.7 Å². The van der Waals surface area contributed by atoms with Crippen LogP contribution in [-0.4, -0.2) is 58.8 Å². The van der Waals surface area contributed by atoms with Gasteiger partial charge in [-0.05, 0) is 6.42 Å². The number of hydrogen-bond donors (Lipinski definition) is 6. The molecule has 5 atom stereocenters. The molecule has 0 saturated carbocycles. The molecule has 0 radical (unpaired) electrons. The van der Waals surface area contributed by atoms with Crippen molar-refractivity contribution in [1.29, 1.82) is 0 Å². The van der Waals surface area contributed by atoms with E-state index in [0.717, 1.165) is 10.8 Å². The fraction of sp³-hybridized carbons (Fsp3) is 0.583. The van der Waals surface area contributed by atoms with Crippen LogP contribution in [-0.2, 0) is 42.9 Å². The highest BCUT2D eigenvalue weighted by Gasteiger charge is 2.47. The van der Waals surface area contributed by atoms with Gasteiger partial charge >= 0.3 is 29.2 Å². The first-order valence-electron chi connectivity index (χ1n) is 8.54. The van der Waals surface area contributed by atoms with Crippen LogP contribution in [0.4, 0.5) is 0 Å². The van der Waals surface area contributed by atoms with Crippen molar-refractivity contribution in [2.45, 2.75) is 38.2 Å². The Balaban J connectivity index is 2.14. The molecule has 1 aliphatic rings. The number of hydrogen-bond acceptors (Lipinski definition) is 11. The van der Waals surface area contributed by atoms with Crippen LogP contribution in [0, 0.1) is 0 Å². The Hall–Kier alpha value is -1.32. The Morgan fingerprint density at radius 1 is 1.09 bits per heavy atom. The summed E-state index contributed by atoms with van der Waals surface area (Å²) in [7, 11) is -16.9. The number of aromatic nitrogens is 2. The number of nitrogens with one attached hydrogen (secondary N) is 1. The molecule has 0 aliphatic carbocycles. The van der Waals surface area contributed by atoms with Gasteiger partial charge in [-0.2, -0.15) is 8.62 Å². The maximum absolute atomic E-state index is 12.2. The number of carbonyl (C=O) groups excluding carboxylic acids is 1. The fourth-order valence-corrected chi connectivity index (χ4v) is 5.64. The van der Waals surface area contributed by atoms with Crippen molar-refractivity contribution in [3.8, 4) is 0 Å². The highest BCUT2D eigenvalue weighted by Crippen LogP contribution is 2.66. The lowest BCUT2D eigenvalue weighted by Gasteiger charge is -2.17. The highest BCUT2D eigenvalue weighted by molar-refractivity contribution is 7.66. The molecule has 32 heavy (non-hydrogen) atoms. The summed E-state index contributed by atoms with van der Waals surface area (Å²) in [6.07, 6.45) is -3.68. The molecule has 1 aliphatic heterocycles. The van der Waals surface area contributed by atoms with Gasteiger partial charge in [0.25, 0.3) is 5.56 Å². The number of nitrogens with zero attached hydrogens (tertiary/aromatic N) is 1. The van der Waals surface area contributed by atoms with E-state index in [0.29, 0.717) is 6.42 Å². The summed E-state index contributed by atoms with van der Waals surface area (Å²) >= 11 is 0. The Bertz CT molecular complexity index is 1120. The van der Waals surface area contributed by atoms with E-state index in [1.54, 1.807) is 6.92 Å². The lowest BCUT2D eigenvalue weighted by atomic mass is 10.1. The minimum atomic E-state index is -5.76. The van der Waals surface area contributed by atoms with Crippen molar-refractivity contribution in [2.75, 3.05) is 6.61 Å². The number of phosphoric ester groups is 1. The van der Waals surface area contributed by atoms with Gasteiger partial charge in [0.15, 0.2) is 5.78 Å². The maximum Gasteiger partial charge on any atom is 0.490 e. The quantitative estimate of drug-likeness (QED) is 0.194. The fourth-order valence-electron chi connectivity index (χ4n) is 2.62. The number of aryl methyl sites for hydroxylation is 1. The number of aromatic amines is 1. The van der Waals surface area contributed by atoms with E-state index < -0.39 is 65.4 Å². The van der Waals surface area contributed by atoms with Crippen LogP contribution in [0.3, 0.4) is 0 Å². The predicted octanol–water partition coefficient (Wildman–Crippen LogP) is -1.34. The third kappa shape index (κ3) is 7.09. The van der Waals surface area contributed by atoms with Gasteiger partial charge in [-0.15, -0.1) is 0 Å². The largest absolute Gasteiger partial charge is 0.490 e. The first-order valence-corrected chi connectivity index (χ1v) is 13.1. The average molecular weight is 524 g/mol. The van der Waals surface area contributed by atoms with Crippen molar-refractivity contribution in [1.82, 2.24) is 9.55 Å². The molecule has 0 bridgehead atoms. The van der Waals surface area contributed by atoms with Crippen molar-refractivity contribution in [3.05, 3.63) is 32.6 Å². The molecule has 182 valence electrons. The number of ketones is 1. The summed E-state index contributed by atoms with van der Waals surface area (Å²) < 4.78 is 51.3. The topological polar surface area (TPSA) is 261 Å². The molecule has 2 rings (SSSR count). The van der Waals surface area contributed by atoms with E-state index in [9.17, 15) is 38.1 Å². The van der Waals surface area contributed by atoms with E-state index in [-0.39, 0.29) is 12.1 Å². The van der Waals surface area contributed by atoms with Crippen LogP contribution in [0.5, 0.6) is 0 Å². The van der Waals surface area contributed by atoms with Gasteiger partial charge < -0.3 is 34.0 Å². The molecule has 1 aromatic heterocycles. The van der Waals surface area contributed by atoms with Crippen LogP contribution in [0.25, 0.3) is 0 Å². The van der Waals surface area contributed by atoms with Gasteiger partial charge in [0.2, 0.25) is 0 Å². The lowest BCUT2D eigenvalue weighted by molar-refractivity contribution is -0.128. The number of Topliss-reactive ketones (excluding diaryl/α,β-unsaturated/α-hetero) is 1. The van der Waals surface area contributed by atoms with Gasteiger partial charge in [-0.3, -0.25) is 19.1 Å². The smallest absolute Gasteiger partial charge is 0.382 e. The average Bonchev–Trinajstić information content (AvgIpc) is 2.87. The molecular weight excluding hydrogens is 505 g/mol. The van der Waals surface area contributed by atoms with Crippen molar-refractivity contribution in [2.24, 2.45) is 0 Å². The Morgan fingerprint density at radius 3 is 2.28 bits per heavy atom. The number of rotatable bonds is 10. The lowest BCUT2D eigenvalue weighted by Crippen LogP contribution is -2.35. The second kappa shape index (κ2) is 9.89. The van der Waals surface area contributed by atoms with E-state index in [1.807, 2.05) is 4.98 Å². The van der Waals surface area contributed by atoms with Crippen LogP contribution >= 0.6 is 23.5 Å². The van der Waals surface area contributed by atoms with Gasteiger partial charge in [0.05, 0.1) is 12.2 Å². The zero-order chi connectivity index (χ0) is 24.5. The summed E-state index contributed by atoms with van der Waals surface area (Å²) in [5, 5.41) is 10.1. The molecule has 2 heterocycles. The summed E-state index contributed by atoms with van der Waals surface area (Å²) in [5.41, 5.74) is -1.98. The van der Waals surface area contributed by atoms with Crippen molar-refractivity contribution in [3.63, 3.8) is 0 Å². The number of aliphatic hydroxyl groups excluding tert-OH is 1. The zero-order valence-corrected chi connectivity index (χ0v) is 18.7. The molecule has 1 aromatic rings. The first kappa shape index (κ1) is 26.9. The summed E-state index contributed by atoms with van der Waals surface area (Å²) in [6, 6.07) is 0. The van der Waals surface area contributed by atoms with Gasteiger partial charge in [-0.1, -0.05) is 6.92 Å². The molecule has 20 heteroatoms. The molecule has 1 saturated heterocycles. The summed E-state index contributed by atoms with van der Waals surface area (Å²) in [4.78, 5) is 73.5. The number of carbonyl (C=O) groups is 1. The van der Waals surface area contributed by atoms with E-state index >= 15 is 0 Å². The van der Waals surface area contributed by atoms with Gasteiger partial charge in [-0.25, -0.2) is 18.5 Å². The van der Waals surface area contributed by atoms with Crippen LogP contribution in [0.15, 0.2) is 15.8 Å². The van der Waals surface area contributed by atoms with E-state index in [2.05, 4.69) is 13.1 Å². The SMILES string of the molecule is CCCn1cc(C2OC(COP(=O)(O)OP(=O)(O)OP(=O)(O)O)C(=O)C2O)c(=O)[nH]c1=O. The maximum atomic E-state index is 12.2. The minimum absolute atomic E-state index is 0.203. The standard InChI is InChI=1S/C12H19N2O15P3/c1-2-3-14-4-6(11(17)13-12(14)18)10-9(16)8(15)7(27-10)5-26-31(22,23)29-32(24,25)28-30(19,20)21/h4,7,9-10,16H,2-3,5H2,1H3,(H,22,23)(H,24,25)(H,13,17,18)(H2,19,20,21). The molecule has 6 N–H and O–H groups in total. The monoisotopic (exact) mass is 524 g/mol.